The SMILES string of the molecule is CC(C)(C)CC(C)(C)OOC(=O)OCCCCCC=CCCCCCOC(=O)OOC(C)(C)CC(C)(C)C. The highest BCUT2D eigenvalue weighted by atomic mass is 17.2. The standard InChI is InChI=1S/C30H56O8/c1-27(2,3)23-29(7,8)37-35-25(31)33-21-19-17-15-13-11-12-14-16-18-20-22-34-26(32)36-38-30(9,10)24-28(4,5)6/h11-12H,13-24H2,1-10H3. The molecule has 0 N–H and O–H groups in total. The zero-order valence-corrected chi connectivity index (χ0v) is 25.9. The zero-order chi connectivity index (χ0) is 29.3. The highest BCUT2D eigenvalue weighted by Gasteiger charge is 2.30. The van der Waals surface area contributed by atoms with Crippen molar-refractivity contribution < 1.29 is 38.6 Å². The van der Waals surface area contributed by atoms with Crippen molar-refractivity contribution in [1.82, 2.24) is 0 Å². The van der Waals surface area contributed by atoms with Gasteiger partial charge in [-0.15, -0.1) is 0 Å². The Bertz CT molecular complexity index is 625. The lowest BCUT2D eigenvalue weighted by Gasteiger charge is -2.30. The van der Waals surface area contributed by atoms with Crippen molar-refractivity contribution in [2.24, 2.45) is 10.8 Å². The van der Waals surface area contributed by atoms with Crippen molar-refractivity contribution in [3.05, 3.63) is 12.2 Å². The Kier molecular flexibility index (Phi) is 16.9. The molecule has 0 atom stereocenters. The first-order valence-corrected chi connectivity index (χ1v) is 14.1. The molecular weight excluding hydrogens is 488 g/mol. The summed E-state index contributed by atoms with van der Waals surface area (Å²) in [6, 6.07) is 0. The molecule has 0 saturated heterocycles. The molecule has 0 fully saturated rings. The van der Waals surface area contributed by atoms with E-state index in [1.807, 2.05) is 27.7 Å². The molecule has 0 amide bonds. The van der Waals surface area contributed by atoms with E-state index in [0.29, 0.717) is 13.2 Å². The molecule has 38 heavy (non-hydrogen) atoms. The molecule has 0 heterocycles. The summed E-state index contributed by atoms with van der Waals surface area (Å²) in [5, 5.41) is 0. The molecule has 0 aliphatic carbocycles. The predicted octanol–water partition coefficient (Wildman–Crippen LogP) is 9.26. The molecule has 0 radical (unpaired) electrons. The third-order valence-electron chi connectivity index (χ3n) is 5.22. The van der Waals surface area contributed by atoms with Gasteiger partial charge in [0.1, 0.15) is 11.2 Å². The molecule has 0 aliphatic rings. The lowest BCUT2D eigenvalue weighted by atomic mass is 9.84. The van der Waals surface area contributed by atoms with Gasteiger partial charge in [-0.25, -0.2) is 9.59 Å². The number of hydrogen-bond acceptors (Lipinski definition) is 8. The number of rotatable bonds is 18. The van der Waals surface area contributed by atoms with Crippen LogP contribution in [0.2, 0.25) is 0 Å². The second-order valence-corrected chi connectivity index (χ2v) is 13.7. The highest BCUT2D eigenvalue weighted by molar-refractivity contribution is 5.59. The smallest absolute Gasteiger partial charge is 0.432 e. The van der Waals surface area contributed by atoms with E-state index < -0.39 is 23.5 Å². The van der Waals surface area contributed by atoms with E-state index in [-0.39, 0.29) is 10.8 Å². The van der Waals surface area contributed by atoms with E-state index in [1.54, 1.807) is 0 Å². The zero-order valence-electron chi connectivity index (χ0n) is 25.9. The summed E-state index contributed by atoms with van der Waals surface area (Å²) >= 11 is 0. The summed E-state index contributed by atoms with van der Waals surface area (Å²) in [6.07, 6.45) is 11.9. The molecule has 0 aromatic heterocycles. The first-order chi connectivity index (χ1) is 17.4. The van der Waals surface area contributed by atoms with Crippen LogP contribution in [0.1, 0.15) is 133 Å². The largest absolute Gasteiger partial charge is 0.540 e. The molecule has 0 aromatic rings. The van der Waals surface area contributed by atoms with Crippen LogP contribution in [0.5, 0.6) is 0 Å². The van der Waals surface area contributed by atoms with Crippen LogP contribution in [-0.4, -0.2) is 36.7 Å². The number of ether oxygens (including phenoxy) is 2. The molecule has 0 aliphatic heterocycles. The quantitative estimate of drug-likeness (QED) is 0.0554. The fraction of sp³-hybridized carbons (Fsp3) is 0.867. The fourth-order valence-corrected chi connectivity index (χ4v) is 4.58. The maximum atomic E-state index is 11.7. The number of hydrogen-bond donors (Lipinski definition) is 0. The molecule has 224 valence electrons. The molecule has 0 aromatic carbocycles. The summed E-state index contributed by atoms with van der Waals surface area (Å²) < 4.78 is 10.1. The minimum Gasteiger partial charge on any atom is -0.432 e. The topological polar surface area (TPSA) is 89.5 Å². The highest BCUT2D eigenvalue weighted by Crippen LogP contribution is 2.30. The third kappa shape index (κ3) is 24.5. The minimum absolute atomic E-state index is 0.0666. The Balaban J connectivity index is 3.63. The molecule has 8 heteroatoms. The van der Waals surface area contributed by atoms with E-state index in [9.17, 15) is 9.59 Å². The van der Waals surface area contributed by atoms with Crippen molar-refractivity contribution >= 4 is 12.3 Å². The van der Waals surface area contributed by atoms with Gasteiger partial charge in [-0.1, -0.05) is 53.7 Å². The normalized spacial score (nSPS) is 13.0. The Morgan fingerprint density at radius 3 is 1.18 bits per heavy atom. The van der Waals surface area contributed by atoms with Gasteiger partial charge in [0.05, 0.1) is 13.2 Å². The molecular formula is C30H56O8. The molecule has 8 nitrogen and oxygen atoms in total. The minimum atomic E-state index is -0.789. The van der Waals surface area contributed by atoms with Gasteiger partial charge in [0.2, 0.25) is 0 Å². The maximum absolute atomic E-state index is 11.7. The first-order valence-electron chi connectivity index (χ1n) is 14.1. The second kappa shape index (κ2) is 17.7. The number of carbonyl (C=O) groups is 2. The number of unbranched alkanes of at least 4 members (excludes halogenated alkanes) is 6. The summed E-state index contributed by atoms with van der Waals surface area (Å²) in [7, 11) is 0. The van der Waals surface area contributed by atoms with Crippen LogP contribution in [0.3, 0.4) is 0 Å². The van der Waals surface area contributed by atoms with Crippen molar-refractivity contribution in [2.75, 3.05) is 13.2 Å². The van der Waals surface area contributed by atoms with E-state index >= 15 is 0 Å². The Labute approximate surface area is 231 Å². The third-order valence-corrected chi connectivity index (χ3v) is 5.22. The molecule has 0 unspecified atom stereocenters. The van der Waals surface area contributed by atoms with Crippen molar-refractivity contribution in [3.63, 3.8) is 0 Å². The summed E-state index contributed by atoms with van der Waals surface area (Å²) in [4.78, 5) is 43.5. The Morgan fingerprint density at radius 2 is 0.868 bits per heavy atom. The number of allylic oxidation sites excluding steroid dienone is 2. The van der Waals surface area contributed by atoms with Gasteiger partial charge in [-0.2, -0.15) is 9.78 Å². The molecule has 0 bridgehead atoms. The van der Waals surface area contributed by atoms with Crippen molar-refractivity contribution in [1.29, 1.82) is 0 Å². The Morgan fingerprint density at radius 1 is 0.526 bits per heavy atom. The Hall–Kier alpha value is -1.80. The first kappa shape index (κ1) is 36.2. The van der Waals surface area contributed by atoms with Gasteiger partial charge in [0.25, 0.3) is 0 Å². The predicted molar refractivity (Wildman–Crippen MR) is 149 cm³/mol. The van der Waals surface area contributed by atoms with Crippen molar-refractivity contribution in [3.8, 4) is 0 Å². The molecule has 0 spiro atoms. The van der Waals surface area contributed by atoms with Crippen LogP contribution in [0, 0.1) is 10.8 Å². The van der Waals surface area contributed by atoms with E-state index in [0.717, 1.165) is 64.2 Å². The van der Waals surface area contributed by atoms with Crippen LogP contribution in [-0.2, 0) is 29.0 Å². The summed E-state index contributed by atoms with van der Waals surface area (Å²) in [5.41, 5.74) is -0.998. The average molecular weight is 545 g/mol. The molecule has 0 rings (SSSR count). The fourth-order valence-electron chi connectivity index (χ4n) is 4.58. The van der Waals surface area contributed by atoms with Gasteiger partial charge >= 0.3 is 12.3 Å². The lowest BCUT2D eigenvalue weighted by Crippen LogP contribution is -2.31. The summed E-state index contributed by atoms with van der Waals surface area (Å²) in [5.74, 6) is 0. The average Bonchev–Trinajstić information content (AvgIpc) is 2.73. The monoisotopic (exact) mass is 544 g/mol. The van der Waals surface area contributed by atoms with Crippen LogP contribution >= 0.6 is 0 Å². The van der Waals surface area contributed by atoms with Gasteiger partial charge in [0, 0.05) is 0 Å². The van der Waals surface area contributed by atoms with Gasteiger partial charge in [-0.3, -0.25) is 9.78 Å². The van der Waals surface area contributed by atoms with Crippen LogP contribution in [0.4, 0.5) is 9.59 Å². The summed E-state index contributed by atoms with van der Waals surface area (Å²) in [6.45, 7) is 20.8. The molecule has 0 saturated carbocycles. The van der Waals surface area contributed by atoms with E-state index in [4.69, 9.17) is 29.0 Å². The van der Waals surface area contributed by atoms with E-state index in [2.05, 4.69) is 53.7 Å². The van der Waals surface area contributed by atoms with Crippen LogP contribution in [0.15, 0.2) is 12.2 Å². The van der Waals surface area contributed by atoms with E-state index in [1.165, 1.54) is 0 Å². The maximum Gasteiger partial charge on any atom is 0.540 e. The van der Waals surface area contributed by atoms with Crippen LogP contribution < -0.4 is 0 Å². The second-order valence-electron chi connectivity index (χ2n) is 13.7. The number of carbonyl (C=O) groups excluding carboxylic acids is 2. The van der Waals surface area contributed by atoms with Gasteiger partial charge in [0.15, 0.2) is 0 Å². The van der Waals surface area contributed by atoms with Gasteiger partial charge < -0.3 is 9.47 Å². The van der Waals surface area contributed by atoms with Crippen LogP contribution in [0.25, 0.3) is 0 Å². The lowest BCUT2D eigenvalue weighted by molar-refractivity contribution is -0.322. The van der Waals surface area contributed by atoms with Gasteiger partial charge in [-0.05, 0) is 103 Å². The van der Waals surface area contributed by atoms with Crippen molar-refractivity contribution in [2.45, 2.75) is 145 Å².